The molecule has 23 heavy (non-hydrogen) atoms. The molecule has 1 fully saturated rings. The van der Waals surface area contributed by atoms with E-state index in [0.29, 0.717) is 18.2 Å². The second-order valence-electron chi connectivity index (χ2n) is 5.69. The minimum atomic E-state index is -0.0911. The second kappa shape index (κ2) is 7.57. The van der Waals surface area contributed by atoms with Crippen LogP contribution in [-0.2, 0) is 0 Å². The molecular weight excluding hydrogens is 310 g/mol. The molecule has 1 amide bonds. The molecule has 0 aliphatic carbocycles. The molecule has 6 heteroatoms. The zero-order valence-corrected chi connectivity index (χ0v) is 14.0. The lowest BCUT2D eigenvalue weighted by Crippen LogP contribution is -2.38. The van der Waals surface area contributed by atoms with Gasteiger partial charge in [0.2, 0.25) is 0 Å². The van der Waals surface area contributed by atoms with Gasteiger partial charge in [-0.05, 0) is 56.1 Å². The molecule has 1 saturated heterocycles. The van der Waals surface area contributed by atoms with E-state index < -0.39 is 0 Å². The first-order chi connectivity index (χ1) is 11.3. The van der Waals surface area contributed by atoms with E-state index in [1.165, 1.54) is 24.2 Å². The van der Waals surface area contributed by atoms with Gasteiger partial charge in [-0.25, -0.2) is 4.98 Å². The van der Waals surface area contributed by atoms with Crippen LogP contribution in [0, 0.1) is 5.92 Å². The maximum atomic E-state index is 12.2. The van der Waals surface area contributed by atoms with Gasteiger partial charge in [0.15, 0.2) is 0 Å². The maximum absolute atomic E-state index is 12.2. The Morgan fingerprint density at radius 1 is 1.43 bits per heavy atom. The molecule has 0 saturated carbocycles. The van der Waals surface area contributed by atoms with Gasteiger partial charge in [-0.3, -0.25) is 4.79 Å². The standard InChI is InChI=1S/C17H21N3O2S/c1-22-14-6-4-13(5-7-14)17-20-15(11-23-17)16(21)19-10-12-3-2-8-18-9-12/h4-7,11-12,18H,2-3,8-10H2,1H3,(H,19,21). The summed E-state index contributed by atoms with van der Waals surface area (Å²) in [4.78, 5) is 16.7. The predicted octanol–water partition coefficient (Wildman–Crippen LogP) is 2.55. The topological polar surface area (TPSA) is 63.2 Å². The first-order valence-electron chi connectivity index (χ1n) is 7.85. The Bertz CT molecular complexity index is 648. The van der Waals surface area contributed by atoms with E-state index in [1.54, 1.807) is 7.11 Å². The number of methoxy groups -OCH3 is 1. The van der Waals surface area contributed by atoms with Crippen LogP contribution >= 0.6 is 11.3 Å². The molecule has 5 nitrogen and oxygen atoms in total. The lowest BCUT2D eigenvalue weighted by atomic mass is 10.00. The zero-order chi connectivity index (χ0) is 16.1. The van der Waals surface area contributed by atoms with Gasteiger partial charge in [-0.15, -0.1) is 11.3 Å². The SMILES string of the molecule is COc1ccc(-c2nc(C(=O)NCC3CCCNC3)cs2)cc1. The first kappa shape index (κ1) is 16.0. The number of carbonyl (C=O) groups is 1. The van der Waals surface area contributed by atoms with Gasteiger partial charge in [0.1, 0.15) is 16.5 Å². The highest BCUT2D eigenvalue weighted by atomic mass is 32.1. The van der Waals surface area contributed by atoms with Gasteiger partial charge >= 0.3 is 0 Å². The van der Waals surface area contributed by atoms with Crippen molar-refractivity contribution in [2.75, 3.05) is 26.7 Å². The Labute approximate surface area is 140 Å². The molecule has 0 bridgehead atoms. The van der Waals surface area contributed by atoms with Crippen LogP contribution < -0.4 is 15.4 Å². The number of hydrogen-bond acceptors (Lipinski definition) is 5. The number of carbonyl (C=O) groups excluding carboxylic acids is 1. The van der Waals surface area contributed by atoms with Crippen molar-refractivity contribution in [2.24, 2.45) is 5.92 Å². The minimum Gasteiger partial charge on any atom is -0.497 e. The largest absolute Gasteiger partial charge is 0.497 e. The lowest BCUT2D eigenvalue weighted by molar-refractivity contribution is 0.0940. The van der Waals surface area contributed by atoms with Crippen LogP contribution in [0.25, 0.3) is 10.6 Å². The molecular formula is C17H21N3O2S. The summed E-state index contributed by atoms with van der Waals surface area (Å²) in [6, 6.07) is 7.69. The highest BCUT2D eigenvalue weighted by molar-refractivity contribution is 7.13. The minimum absolute atomic E-state index is 0.0911. The van der Waals surface area contributed by atoms with Crippen molar-refractivity contribution >= 4 is 17.2 Å². The Morgan fingerprint density at radius 2 is 2.26 bits per heavy atom. The number of hydrogen-bond donors (Lipinski definition) is 2. The summed E-state index contributed by atoms with van der Waals surface area (Å²) in [7, 11) is 1.64. The van der Waals surface area contributed by atoms with Crippen molar-refractivity contribution in [3.05, 3.63) is 35.3 Å². The predicted molar refractivity (Wildman–Crippen MR) is 92.0 cm³/mol. The third kappa shape index (κ3) is 4.09. The maximum Gasteiger partial charge on any atom is 0.270 e. The third-order valence-corrected chi connectivity index (χ3v) is 4.92. The van der Waals surface area contributed by atoms with Crippen molar-refractivity contribution in [3.8, 4) is 16.3 Å². The Hall–Kier alpha value is -1.92. The van der Waals surface area contributed by atoms with Crippen LogP contribution in [0.2, 0.25) is 0 Å². The van der Waals surface area contributed by atoms with E-state index in [-0.39, 0.29) is 5.91 Å². The molecule has 0 spiro atoms. The molecule has 1 aliphatic rings. The quantitative estimate of drug-likeness (QED) is 0.884. The number of rotatable bonds is 5. The normalized spacial score (nSPS) is 17.7. The molecule has 1 aliphatic heterocycles. The molecule has 2 aromatic rings. The van der Waals surface area contributed by atoms with Crippen LogP contribution in [0.15, 0.2) is 29.6 Å². The number of nitrogens with one attached hydrogen (secondary N) is 2. The van der Waals surface area contributed by atoms with E-state index in [1.807, 2.05) is 29.6 Å². The van der Waals surface area contributed by atoms with Gasteiger partial charge < -0.3 is 15.4 Å². The van der Waals surface area contributed by atoms with Gasteiger partial charge in [0, 0.05) is 17.5 Å². The van der Waals surface area contributed by atoms with E-state index in [4.69, 9.17) is 4.74 Å². The van der Waals surface area contributed by atoms with Crippen molar-refractivity contribution in [1.82, 2.24) is 15.6 Å². The molecule has 1 atom stereocenters. The van der Waals surface area contributed by atoms with Crippen LogP contribution in [-0.4, -0.2) is 37.6 Å². The highest BCUT2D eigenvalue weighted by Gasteiger charge is 2.16. The number of benzene rings is 1. The van der Waals surface area contributed by atoms with Crippen molar-refractivity contribution in [1.29, 1.82) is 0 Å². The van der Waals surface area contributed by atoms with E-state index in [2.05, 4.69) is 15.6 Å². The number of piperidine rings is 1. The summed E-state index contributed by atoms with van der Waals surface area (Å²) in [6.45, 7) is 2.78. The monoisotopic (exact) mass is 331 g/mol. The molecule has 3 rings (SSSR count). The summed E-state index contributed by atoms with van der Waals surface area (Å²) >= 11 is 1.48. The van der Waals surface area contributed by atoms with Crippen molar-refractivity contribution in [3.63, 3.8) is 0 Å². The fraction of sp³-hybridized carbons (Fsp3) is 0.412. The number of nitrogens with zero attached hydrogens (tertiary/aromatic N) is 1. The second-order valence-corrected chi connectivity index (χ2v) is 6.55. The average molecular weight is 331 g/mol. The Kier molecular flexibility index (Phi) is 5.25. The first-order valence-corrected chi connectivity index (χ1v) is 8.73. The summed E-state index contributed by atoms with van der Waals surface area (Å²) < 4.78 is 5.15. The molecule has 1 aromatic heterocycles. The molecule has 1 aromatic carbocycles. The van der Waals surface area contributed by atoms with Crippen LogP contribution in [0.3, 0.4) is 0 Å². The van der Waals surface area contributed by atoms with Gasteiger partial charge in [-0.2, -0.15) is 0 Å². The van der Waals surface area contributed by atoms with Gasteiger partial charge in [-0.1, -0.05) is 0 Å². The van der Waals surface area contributed by atoms with Crippen molar-refractivity contribution < 1.29 is 9.53 Å². The molecule has 2 N–H and O–H groups in total. The number of amides is 1. The highest BCUT2D eigenvalue weighted by Crippen LogP contribution is 2.25. The van der Waals surface area contributed by atoms with E-state index >= 15 is 0 Å². The van der Waals surface area contributed by atoms with Crippen LogP contribution in [0.4, 0.5) is 0 Å². The summed E-state index contributed by atoms with van der Waals surface area (Å²) in [6.07, 6.45) is 2.35. The van der Waals surface area contributed by atoms with Gasteiger partial charge in [0.25, 0.3) is 5.91 Å². The van der Waals surface area contributed by atoms with E-state index in [0.717, 1.165) is 29.4 Å². The molecule has 2 heterocycles. The number of ether oxygens (including phenoxy) is 1. The average Bonchev–Trinajstić information content (AvgIpc) is 3.11. The van der Waals surface area contributed by atoms with Crippen molar-refractivity contribution in [2.45, 2.75) is 12.8 Å². The Balaban J connectivity index is 1.60. The zero-order valence-electron chi connectivity index (χ0n) is 13.2. The Morgan fingerprint density at radius 3 is 2.96 bits per heavy atom. The summed E-state index contributed by atoms with van der Waals surface area (Å²) in [5.41, 5.74) is 1.48. The number of aromatic nitrogens is 1. The smallest absolute Gasteiger partial charge is 0.270 e. The van der Waals surface area contributed by atoms with Crippen LogP contribution in [0.5, 0.6) is 5.75 Å². The summed E-state index contributed by atoms with van der Waals surface area (Å²) in [5, 5.41) is 9.01. The van der Waals surface area contributed by atoms with E-state index in [9.17, 15) is 4.79 Å². The third-order valence-electron chi connectivity index (χ3n) is 4.02. The molecule has 0 radical (unpaired) electrons. The summed E-state index contributed by atoms with van der Waals surface area (Å²) in [5.74, 6) is 1.24. The van der Waals surface area contributed by atoms with Gasteiger partial charge in [0.05, 0.1) is 7.11 Å². The lowest BCUT2D eigenvalue weighted by Gasteiger charge is -2.22. The molecule has 122 valence electrons. The molecule has 1 unspecified atom stereocenters. The fourth-order valence-electron chi connectivity index (χ4n) is 2.67. The van der Waals surface area contributed by atoms with Crippen LogP contribution in [0.1, 0.15) is 23.3 Å². The fourth-order valence-corrected chi connectivity index (χ4v) is 3.48. The number of thiazole rings is 1.